The molecule has 10 nitrogen and oxygen atoms in total. The zero-order valence-electron chi connectivity index (χ0n) is 28.6. The molecule has 1 fully saturated rings. The molecular weight excluding hydrogens is 678 g/mol. The van der Waals surface area contributed by atoms with Crippen LogP contribution < -0.4 is 10.3 Å². The molecule has 2 aromatic heterocycles. The third-order valence-electron chi connectivity index (χ3n) is 9.53. The largest absolute Gasteiger partial charge is 0.477 e. The van der Waals surface area contributed by atoms with Crippen LogP contribution in [0.1, 0.15) is 59.7 Å². The van der Waals surface area contributed by atoms with Gasteiger partial charge >= 0.3 is 12.1 Å². The summed E-state index contributed by atoms with van der Waals surface area (Å²) in [5.41, 5.74) is -0.713. The lowest BCUT2D eigenvalue weighted by Crippen LogP contribution is -2.49. The first-order valence-corrected chi connectivity index (χ1v) is 16.7. The number of hydrogen-bond acceptors (Lipinski definition) is 7. The molecule has 4 aromatic carbocycles. The minimum Gasteiger partial charge on any atom is -0.477 e. The van der Waals surface area contributed by atoms with Gasteiger partial charge in [0.1, 0.15) is 11.4 Å². The fourth-order valence-corrected chi connectivity index (χ4v) is 6.97. The molecule has 3 heterocycles. The maximum atomic E-state index is 15.9. The average molecular weight is 714 g/mol. The summed E-state index contributed by atoms with van der Waals surface area (Å²) in [4.78, 5) is 29.3. The molecule has 14 heteroatoms. The fourth-order valence-electron chi connectivity index (χ4n) is 6.97. The Morgan fingerprint density at radius 2 is 1.60 bits per heavy atom. The normalized spacial score (nSPS) is 15.0. The third kappa shape index (κ3) is 6.49. The molecule has 268 valence electrons. The van der Waals surface area contributed by atoms with Crippen LogP contribution in [0, 0.1) is 5.82 Å². The second-order valence-corrected chi connectivity index (χ2v) is 13.9. The van der Waals surface area contributed by atoms with Crippen LogP contribution in [0.15, 0.2) is 89.9 Å². The van der Waals surface area contributed by atoms with Crippen LogP contribution in [0.2, 0.25) is 0 Å². The number of piperazine rings is 1. The summed E-state index contributed by atoms with van der Waals surface area (Å²) in [7, 11) is 0. The molecule has 52 heavy (non-hydrogen) atoms. The number of carboxylic acid groups (broad SMARTS) is 1. The molecular formula is C38H35F4N7O3. The number of tetrazole rings is 1. The van der Waals surface area contributed by atoms with Gasteiger partial charge in [0, 0.05) is 44.3 Å². The first-order chi connectivity index (χ1) is 24.7. The van der Waals surface area contributed by atoms with Gasteiger partial charge in [-0.1, -0.05) is 54.6 Å². The number of anilines is 1. The molecule has 0 bridgehead atoms. The van der Waals surface area contributed by atoms with Crippen molar-refractivity contribution in [2.75, 3.05) is 31.1 Å². The predicted molar refractivity (Wildman–Crippen MR) is 188 cm³/mol. The van der Waals surface area contributed by atoms with Gasteiger partial charge in [0.25, 0.3) is 0 Å². The smallest absolute Gasteiger partial charge is 0.416 e. The van der Waals surface area contributed by atoms with Gasteiger partial charge in [-0.25, -0.2) is 13.9 Å². The van der Waals surface area contributed by atoms with Gasteiger partial charge in [0.15, 0.2) is 5.82 Å². The predicted octanol–water partition coefficient (Wildman–Crippen LogP) is 6.71. The zero-order valence-corrected chi connectivity index (χ0v) is 28.6. The number of alkyl halides is 3. The van der Waals surface area contributed by atoms with Crippen molar-refractivity contribution in [3.05, 3.63) is 129 Å². The van der Waals surface area contributed by atoms with Crippen molar-refractivity contribution in [2.24, 2.45) is 0 Å². The molecule has 0 saturated carbocycles. The lowest BCUT2D eigenvalue weighted by Gasteiger charge is -2.40. The summed E-state index contributed by atoms with van der Waals surface area (Å²) in [5.74, 6) is -1.51. The summed E-state index contributed by atoms with van der Waals surface area (Å²) < 4.78 is 58.8. The summed E-state index contributed by atoms with van der Waals surface area (Å²) in [6.07, 6.45) is -3.37. The van der Waals surface area contributed by atoms with E-state index >= 15 is 4.39 Å². The summed E-state index contributed by atoms with van der Waals surface area (Å²) in [5, 5.41) is 24.7. The van der Waals surface area contributed by atoms with E-state index < -0.39 is 40.1 Å². The average Bonchev–Trinajstić information content (AvgIpc) is 3.60. The molecule has 0 spiro atoms. The lowest BCUT2D eigenvalue weighted by molar-refractivity contribution is -0.137. The Hall–Kier alpha value is -5.63. The number of hydrogen-bond donors (Lipinski definition) is 1. The zero-order chi connectivity index (χ0) is 36.9. The van der Waals surface area contributed by atoms with Crippen molar-refractivity contribution < 1.29 is 27.5 Å². The van der Waals surface area contributed by atoms with E-state index in [-0.39, 0.29) is 29.2 Å². The molecule has 1 saturated heterocycles. The highest BCUT2D eigenvalue weighted by Crippen LogP contribution is 2.36. The molecule has 1 aliphatic rings. The van der Waals surface area contributed by atoms with Crippen LogP contribution in [0.5, 0.6) is 0 Å². The van der Waals surface area contributed by atoms with Crippen LogP contribution in [0.3, 0.4) is 0 Å². The van der Waals surface area contributed by atoms with Crippen LogP contribution in [0.25, 0.3) is 21.7 Å². The second-order valence-electron chi connectivity index (χ2n) is 13.9. The van der Waals surface area contributed by atoms with E-state index in [1.54, 1.807) is 0 Å². The van der Waals surface area contributed by atoms with E-state index in [9.17, 15) is 27.9 Å². The number of pyridine rings is 1. The Labute approximate surface area is 295 Å². The minimum absolute atomic E-state index is 0.0523. The number of nitrogens with zero attached hydrogens (tertiary/aromatic N) is 7. The molecule has 7 rings (SSSR count). The van der Waals surface area contributed by atoms with E-state index in [1.165, 1.54) is 22.8 Å². The molecule has 1 aliphatic heterocycles. The van der Waals surface area contributed by atoms with E-state index in [4.69, 9.17) is 0 Å². The molecule has 1 unspecified atom stereocenters. The standard InChI is InChI=1S/C38H35F4N7O3/c1-37(2,3)49-35(43-44-45-49)33(27-10-6-8-24-7-4-5-9-26(24)27)47-17-15-46(16-18-47)32-20-31-28(19-30(32)39)34(50)29(36(51)52)22-48(31)21-23-11-13-25(14-12-23)38(40,41)42/h4-14,19-20,22,33H,15-18,21H2,1-3H3,(H,51,52). The third-order valence-corrected chi connectivity index (χ3v) is 9.53. The van der Waals surface area contributed by atoms with Crippen molar-refractivity contribution in [3.8, 4) is 0 Å². The van der Waals surface area contributed by atoms with Gasteiger partial charge in [0.05, 0.1) is 28.3 Å². The number of aromatic carboxylic acids is 1. The summed E-state index contributed by atoms with van der Waals surface area (Å²) in [6, 6.07) is 20.9. The van der Waals surface area contributed by atoms with Gasteiger partial charge < -0.3 is 14.6 Å². The molecule has 0 amide bonds. The van der Waals surface area contributed by atoms with E-state index in [1.807, 2.05) is 48.6 Å². The van der Waals surface area contributed by atoms with Crippen molar-refractivity contribution in [1.82, 2.24) is 29.7 Å². The molecule has 1 N–H and O–H groups in total. The number of aromatic nitrogens is 5. The van der Waals surface area contributed by atoms with Crippen LogP contribution in [-0.4, -0.2) is 66.9 Å². The molecule has 0 aliphatic carbocycles. The fraction of sp³-hybridized carbons (Fsp3) is 0.289. The highest BCUT2D eigenvalue weighted by atomic mass is 19.4. The first-order valence-electron chi connectivity index (χ1n) is 16.7. The Morgan fingerprint density at radius 3 is 2.27 bits per heavy atom. The van der Waals surface area contributed by atoms with Gasteiger partial charge in [0.2, 0.25) is 5.43 Å². The topological polar surface area (TPSA) is 109 Å². The Morgan fingerprint density at radius 1 is 0.904 bits per heavy atom. The molecule has 0 radical (unpaired) electrons. The number of rotatable bonds is 7. The maximum Gasteiger partial charge on any atom is 0.416 e. The van der Waals surface area contributed by atoms with E-state index in [0.717, 1.165) is 40.7 Å². The minimum atomic E-state index is -4.52. The van der Waals surface area contributed by atoms with Crippen molar-refractivity contribution in [1.29, 1.82) is 0 Å². The van der Waals surface area contributed by atoms with Crippen LogP contribution in [0.4, 0.5) is 23.2 Å². The second kappa shape index (κ2) is 13.2. The Kier molecular flexibility index (Phi) is 8.81. The Bertz CT molecular complexity index is 2350. The highest BCUT2D eigenvalue weighted by molar-refractivity contribution is 5.93. The number of benzene rings is 4. The SMILES string of the molecule is CC(C)(C)n1nnnc1C(c1cccc2ccccc12)N1CCN(c2cc3c(cc2F)c(=O)c(C(=O)O)cn3Cc2ccc(C(F)(F)F)cc2)CC1. The van der Waals surface area contributed by atoms with Gasteiger partial charge in [-0.2, -0.15) is 13.2 Å². The summed E-state index contributed by atoms with van der Waals surface area (Å²) in [6.45, 7) is 7.84. The number of carbonyl (C=O) groups is 1. The quantitative estimate of drug-likeness (QED) is 0.182. The number of fused-ring (bicyclic) bond motifs is 2. The van der Waals surface area contributed by atoms with Crippen molar-refractivity contribution in [3.63, 3.8) is 0 Å². The lowest BCUT2D eigenvalue weighted by atomic mass is 9.95. The monoisotopic (exact) mass is 713 g/mol. The van der Waals surface area contributed by atoms with E-state index in [0.29, 0.717) is 37.6 Å². The molecule has 6 aromatic rings. The first kappa shape index (κ1) is 34.8. The Balaban J connectivity index is 1.24. The summed E-state index contributed by atoms with van der Waals surface area (Å²) >= 11 is 0. The number of halogens is 4. The van der Waals surface area contributed by atoms with Gasteiger partial charge in [-0.3, -0.25) is 9.69 Å². The van der Waals surface area contributed by atoms with Gasteiger partial charge in [-0.05, 0) is 77.4 Å². The van der Waals surface area contributed by atoms with Crippen LogP contribution >= 0.6 is 0 Å². The van der Waals surface area contributed by atoms with Crippen molar-refractivity contribution in [2.45, 2.75) is 45.1 Å². The van der Waals surface area contributed by atoms with E-state index in [2.05, 4.69) is 44.7 Å². The van der Waals surface area contributed by atoms with Gasteiger partial charge in [-0.15, -0.1) is 5.10 Å². The molecule has 1 atom stereocenters. The highest BCUT2D eigenvalue weighted by Gasteiger charge is 2.35. The van der Waals surface area contributed by atoms with Crippen LogP contribution in [-0.2, 0) is 18.3 Å². The number of carboxylic acids is 1. The maximum absolute atomic E-state index is 15.9. The van der Waals surface area contributed by atoms with Crippen molar-refractivity contribution >= 4 is 33.3 Å².